The standard InChI is InChI=1S/C19H16N2O3S2/c1-12-5-3-4-6-15(12)17(22)20-21-18(23)16(26-19(21)25)11-13-7-9-14(24-2)10-8-13/h3-11H,1-2H3,(H,20,22). The fourth-order valence-corrected chi connectivity index (χ4v) is 3.58. The van der Waals surface area contributed by atoms with E-state index in [0.717, 1.165) is 33.6 Å². The van der Waals surface area contributed by atoms with Crippen LogP contribution in [0, 0.1) is 6.92 Å². The molecule has 2 aromatic rings. The summed E-state index contributed by atoms with van der Waals surface area (Å²) in [5, 5.41) is 1.12. The highest BCUT2D eigenvalue weighted by atomic mass is 32.2. The van der Waals surface area contributed by atoms with E-state index in [1.54, 1.807) is 25.3 Å². The van der Waals surface area contributed by atoms with Gasteiger partial charge in [0.1, 0.15) is 5.75 Å². The number of carbonyl (C=O) groups excluding carboxylic acids is 2. The SMILES string of the molecule is COc1ccc(C=C2SC(=S)N(NC(=O)c3ccccc3C)C2=O)cc1. The van der Waals surface area contributed by atoms with Gasteiger partial charge in [-0.05, 0) is 54.5 Å². The molecule has 1 heterocycles. The van der Waals surface area contributed by atoms with Crippen LogP contribution >= 0.6 is 24.0 Å². The van der Waals surface area contributed by atoms with Gasteiger partial charge in [-0.1, -0.05) is 42.1 Å². The number of hydrazine groups is 1. The zero-order chi connectivity index (χ0) is 18.7. The van der Waals surface area contributed by atoms with E-state index in [1.165, 1.54) is 0 Å². The van der Waals surface area contributed by atoms with Gasteiger partial charge in [0.2, 0.25) is 0 Å². The van der Waals surface area contributed by atoms with Gasteiger partial charge >= 0.3 is 0 Å². The minimum Gasteiger partial charge on any atom is -0.497 e. The molecule has 26 heavy (non-hydrogen) atoms. The van der Waals surface area contributed by atoms with Gasteiger partial charge in [-0.3, -0.25) is 15.0 Å². The number of aryl methyl sites for hydroxylation is 1. The van der Waals surface area contributed by atoms with Gasteiger partial charge in [-0.15, -0.1) is 0 Å². The Hall–Kier alpha value is -2.64. The lowest BCUT2D eigenvalue weighted by Crippen LogP contribution is -2.45. The number of ether oxygens (including phenoxy) is 1. The molecule has 0 aliphatic carbocycles. The predicted molar refractivity (Wildman–Crippen MR) is 107 cm³/mol. The van der Waals surface area contributed by atoms with Gasteiger partial charge < -0.3 is 4.74 Å². The van der Waals surface area contributed by atoms with E-state index in [-0.39, 0.29) is 16.1 Å². The number of nitrogens with one attached hydrogen (secondary N) is 1. The fraction of sp³-hybridized carbons (Fsp3) is 0.105. The summed E-state index contributed by atoms with van der Waals surface area (Å²) in [5.74, 6) is 0.0167. The van der Waals surface area contributed by atoms with Crippen LogP contribution in [0.15, 0.2) is 53.4 Å². The zero-order valence-electron chi connectivity index (χ0n) is 14.2. The molecular weight excluding hydrogens is 368 g/mol. The van der Waals surface area contributed by atoms with E-state index in [9.17, 15) is 9.59 Å². The fourth-order valence-electron chi connectivity index (χ4n) is 2.41. The normalized spacial score (nSPS) is 15.5. The average molecular weight is 384 g/mol. The number of thiocarbonyl (C=S) groups is 1. The molecular formula is C19H16N2O3S2. The molecule has 1 N–H and O–H groups in total. The van der Waals surface area contributed by atoms with Crippen molar-refractivity contribution in [2.45, 2.75) is 6.92 Å². The molecule has 1 aliphatic heterocycles. The molecule has 2 amide bonds. The lowest BCUT2D eigenvalue weighted by Gasteiger charge is -2.16. The Kier molecular flexibility index (Phi) is 5.39. The van der Waals surface area contributed by atoms with Crippen LogP contribution in [0.5, 0.6) is 5.75 Å². The third-order valence-corrected chi connectivity index (χ3v) is 5.11. The second-order valence-corrected chi connectivity index (χ2v) is 7.22. The number of rotatable bonds is 4. The summed E-state index contributed by atoms with van der Waals surface area (Å²) in [7, 11) is 1.59. The van der Waals surface area contributed by atoms with Crippen LogP contribution in [0.2, 0.25) is 0 Å². The van der Waals surface area contributed by atoms with Gasteiger partial charge in [-0.2, -0.15) is 5.01 Å². The van der Waals surface area contributed by atoms with Crippen molar-refractivity contribution in [2.24, 2.45) is 0 Å². The Labute approximate surface area is 161 Å². The first-order chi connectivity index (χ1) is 12.5. The smallest absolute Gasteiger partial charge is 0.285 e. The maximum Gasteiger partial charge on any atom is 0.285 e. The molecule has 0 bridgehead atoms. The molecule has 5 nitrogen and oxygen atoms in total. The zero-order valence-corrected chi connectivity index (χ0v) is 15.8. The van der Waals surface area contributed by atoms with E-state index in [1.807, 2.05) is 43.3 Å². The summed E-state index contributed by atoms with van der Waals surface area (Å²) < 4.78 is 5.41. The van der Waals surface area contributed by atoms with Crippen LogP contribution in [-0.2, 0) is 4.79 Å². The molecule has 7 heteroatoms. The van der Waals surface area contributed by atoms with Gasteiger partial charge in [0, 0.05) is 5.56 Å². The molecule has 0 saturated carbocycles. The van der Waals surface area contributed by atoms with Crippen molar-refractivity contribution in [1.29, 1.82) is 0 Å². The van der Waals surface area contributed by atoms with Crippen molar-refractivity contribution in [1.82, 2.24) is 10.4 Å². The van der Waals surface area contributed by atoms with Crippen molar-refractivity contribution in [3.05, 3.63) is 70.1 Å². The van der Waals surface area contributed by atoms with Crippen molar-refractivity contribution in [3.8, 4) is 5.75 Å². The van der Waals surface area contributed by atoms with Crippen LogP contribution in [0.25, 0.3) is 6.08 Å². The Morgan fingerprint density at radius 1 is 1.19 bits per heavy atom. The minimum absolute atomic E-state index is 0.289. The maximum absolute atomic E-state index is 12.6. The first-order valence-electron chi connectivity index (χ1n) is 7.78. The number of hydrogen-bond donors (Lipinski definition) is 1. The van der Waals surface area contributed by atoms with Gasteiger partial charge in [0.05, 0.1) is 12.0 Å². The van der Waals surface area contributed by atoms with E-state index in [4.69, 9.17) is 17.0 Å². The number of methoxy groups -OCH3 is 1. The number of nitrogens with zero attached hydrogens (tertiary/aromatic N) is 1. The lowest BCUT2D eigenvalue weighted by molar-refractivity contribution is -0.123. The first kappa shape index (κ1) is 18.2. The molecule has 0 atom stereocenters. The summed E-state index contributed by atoms with van der Waals surface area (Å²) in [4.78, 5) is 25.5. The third-order valence-electron chi connectivity index (χ3n) is 3.81. The van der Waals surface area contributed by atoms with Gasteiger partial charge in [0.15, 0.2) is 4.32 Å². The van der Waals surface area contributed by atoms with Crippen LogP contribution in [0.3, 0.4) is 0 Å². The Morgan fingerprint density at radius 2 is 1.88 bits per heavy atom. The number of hydrogen-bond acceptors (Lipinski definition) is 5. The quantitative estimate of drug-likeness (QED) is 0.645. The molecule has 132 valence electrons. The second-order valence-electron chi connectivity index (χ2n) is 5.55. The van der Waals surface area contributed by atoms with Crippen molar-refractivity contribution in [3.63, 3.8) is 0 Å². The van der Waals surface area contributed by atoms with Crippen molar-refractivity contribution < 1.29 is 14.3 Å². The van der Waals surface area contributed by atoms with Gasteiger partial charge in [-0.25, -0.2) is 0 Å². The first-order valence-corrected chi connectivity index (χ1v) is 9.00. The lowest BCUT2D eigenvalue weighted by atomic mass is 10.1. The predicted octanol–water partition coefficient (Wildman–Crippen LogP) is 3.55. The molecule has 0 aromatic heterocycles. The summed E-state index contributed by atoms with van der Waals surface area (Å²) in [5.41, 5.74) is 4.76. The monoisotopic (exact) mass is 384 g/mol. The molecule has 1 aliphatic rings. The van der Waals surface area contributed by atoms with E-state index >= 15 is 0 Å². The highest BCUT2D eigenvalue weighted by Crippen LogP contribution is 2.31. The van der Waals surface area contributed by atoms with Crippen LogP contribution < -0.4 is 10.2 Å². The molecule has 1 saturated heterocycles. The highest BCUT2D eigenvalue weighted by Gasteiger charge is 2.33. The van der Waals surface area contributed by atoms with Crippen molar-refractivity contribution >= 4 is 46.2 Å². The van der Waals surface area contributed by atoms with E-state index in [2.05, 4.69) is 5.43 Å². The summed E-state index contributed by atoms with van der Waals surface area (Å²) in [6, 6.07) is 14.5. The number of carbonyl (C=O) groups is 2. The Bertz CT molecular complexity index is 907. The van der Waals surface area contributed by atoms with E-state index in [0.29, 0.717) is 10.5 Å². The van der Waals surface area contributed by atoms with Crippen LogP contribution in [0.4, 0.5) is 0 Å². The number of amides is 2. The van der Waals surface area contributed by atoms with Crippen LogP contribution in [0.1, 0.15) is 21.5 Å². The Balaban J connectivity index is 1.77. The second kappa shape index (κ2) is 7.72. The Morgan fingerprint density at radius 3 is 2.54 bits per heavy atom. The molecule has 0 unspecified atom stereocenters. The molecule has 3 rings (SSSR count). The molecule has 0 spiro atoms. The number of thioether (sulfide) groups is 1. The van der Waals surface area contributed by atoms with Crippen molar-refractivity contribution in [2.75, 3.05) is 7.11 Å². The summed E-state index contributed by atoms with van der Waals surface area (Å²) >= 11 is 6.39. The largest absolute Gasteiger partial charge is 0.497 e. The molecule has 0 radical (unpaired) electrons. The molecule has 2 aromatic carbocycles. The molecule has 1 fully saturated rings. The maximum atomic E-state index is 12.6. The van der Waals surface area contributed by atoms with Gasteiger partial charge in [0.25, 0.3) is 11.8 Å². The van der Waals surface area contributed by atoms with Crippen LogP contribution in [-0.4, -0.2) is 28.3 Å². The third kappa shape index (κ3) is 3.79. The van der Waals surface area contributed by atoms with E-state index < -0.39 is 0 Å². The summed E-state index contributed by atoms with van der Waals surface area (Å²) in [6.07, 6.45) is 1.73. The average Bonchev–Trinajstić information content (AvgIpc) is 2.90. The summed E-state index contributed by atoms with van der Waals surface area (Å²) in [6.45, 7) is 1.84. The topological polar surface area (TPSA) is 58.6 Å². The minimum atomic E-state index is -0.370. The highest BCUT2D eigenvalue weighted by molar-refractivity contribution is 8.26. The number of benzene rings is 2.